The highest BCUT2D eigenvalue weighted by Crippen LogP contribution is 2.33. The molecule has 0 radical (unpaired) electrons. The van der Waals surface area contributed by atoms with Crippen LogP contribution in [-0.4, -0.2) is 13.8 Å². The molecule has 4 nitrogen and oxygen atoms in total. The third-order valence-corrected chi connectivity index (χ3v) is 4.32. The van der Waals surface area contributed by atoms with E-state index >= 15 is 0 Å². The molecule has 0 spiro atoms. The van der Waals surface area contributed by atoms with E-state index in [-0.39, 0.29) is 11.1 Å². The molecule has 0 aromatic carbocycles. The molecule has 0 amide bonds. The highest BCUT2D eigenvalue weighted by atomic mass is 127. The Morgan fingerprint density at radius 3 is 2.25 bits per heavy atom. The van der Waals surface area contributed by atoms with Crippen molar-refractivity contribution in [3.8, 4) is 12.1 Å². The van der Waals surface area contributed by atoms with E-state index in [9.17, 15) is 0 Å². The molecule has 0 unspecified atom stereocenters. The summed E-state index contributed by atoms with van der Waals surface area (Å²) >= 11 is 5.41. The fraction of sp³-hybridized carbons (Fsp3) is 0.143. The van der Waals surface area contributed by atoms with E-state index in [0.717, 1.165) is 14.9 Å². The van der Waals surface area contributed by atoms with Crippen molar-refractivity contribution in [3.05, 3.63) is 11.1 Å². The zero-order valence-corrected chi connectivity index (χ0v) is 12.8. The number of nitriles is 2. The topological polar surface area (TPSA) is 72.3 Å². The van der Waals surface area contributed by atoms with Crippen LogP contribution in [0.2, 0.25) is 0 Å². The van der Waals surface area contributed by atoms with Gasteiger partial charge in [-0.3, -0.25) is 0 Å². The van der Waals surface area contributed by atoms with Crippen LogP contribution in [0.25, 0.3) is 0 Å². The molecule has 0 aromatic heterocycles. The fourth-order valence-electron chi connectivity index (χ4n) is 0.858. The van der Waals surface area contributed by atoms with Crippen molar-refractivity contribution in [2.45, 2.75) is 0 Å². The fourth-order valence-corrected chi connectivity index (χ4v) is 3.27. The first-order chi connectivity index (χ1) is 7.78. The maximum atomic E-state index is 8.96. The predicted molar refractivity (Wildman–Crippen MR) is 80.6 cm³/mol. The Hall–Kier alpha value is 0.130. The third kappa shape index (κ3) is 3.31. The molecule has 0 aromatic rings. The summed E-state index contributed by atoms with van der Waals surface area (Å²) in [6.45, 7) is 0. The lowest BCUT2D eigenvalue weighted by Gasteiger charge is -1.92. The largest absolute Gasteiger partial charge is 0.207 e. The Morgan fingerprint density at radius 2 is 1.81 bits per heavy atom. The number of thioether (sulfide) groups is 1. The van der Waals surface area contributed by atoms with Crippen molar-refractivity contribution in [2.24, 2.45) is 8.80 Å². The van der Waals surface area contributed by atoms with E-state index in [1.165, 1.54) is 23.7 Å². The molecule has 0 atom stereocenters. The van der Waals surface area contributed by atoms with Gasteiger partial charge in [-0.2, -0.15) is 14.9 Å². The van der Waals surface area contributed by atoms with Gasteiger partial charge in [-0.25, -0.2) is 4.40 Å². The minimum atomic E-state index is 0.244. The molecule has 82 valence electrons. The van der Waals surface area contributed by atoms with Crippen LogP contribution in [0.4, 0.5) is 0 Å². The van der Waals surface area contributed by atoms with Crippen molar-refractivity contribution >= 4 is 78.2 Å². The second kappa shape index (κ2) is 7.45. The van der Waals surface area contributed by atoms with Crippen LogP contribution in [0.5, 0.6) is 0 Å². The van der Waals surface area contributed by atoms with E-state index in [1.807, 2.05) is 12.1 Å². The number of halogens is 2. The average Bonchev–Trinajstić information content (AvgIpc) is 2.63. The first-order valence-corrected chi connectivity index (χ1v) is 8.51. The van der Waals surface area contributed by atoms with Gasteiger partial charge in [0.25, 0.3) is 0 Å². The van der Waals surface area contributed by atoms with Crippen LogP contribution in [0.3, 0.4) is 0 Å². The van der Waals surface area contributed by atoms with E-state index in [2.05, 4.69) is 31.4 Å². The lowest BCUT2D eigenvalue weighted by molar-refractivity contribution is 1.48. The van der Waals surface area contributed by atoms with Crippen molar-refractivity contribution in [3.63, 3.8) is 0 Å². The molecule has 1 heterocycles. The predicted octanol–water partition coefficient (Wildman–Crippen LogP) is 3.72. The summed E-state index contributed by atoms with van der Waals surface area (Å²) < 4.78 is 8.80. The van der Waals surface area contributed by atoms with Gasteiger partial charge in [0.2, 0.25) is 0 Å². The maximum Gasteiger partial charge on any atom is 0.131 e. The second-order valence-corrected chi connectivity index (χ2v) is 6.42. The van der Waals surface area contributed by atoms with Crippen LogP contribution in [0.1, 0.15) is 0 Å². The quantitative estimate of drug-likeness (QED) is 0.410. The maximum absolute atomic E-state index is 8.96. The molecular weight excluding hydrogens is 399 g/mol. The van der Waals surface area contributed by atoms with Gasteiger partial charge in [0.05, 0.1) is 14.9 Å². The third-order valence-electron chi connectivity index (χ3n) is 1.41. The molecule has 1 aliphatic heterocycles. The minimum Gasteiger partial charge on any atom is -0.207 e. The second-order valence-electron chi connectivity index (χ2n) is 2.18. The summed E-state index contributed by atoms with van der Waals surface area (Å²) in [5, 5.41) is 18.9. The van der Waals surface area contributed by atoms with Gasteiger partial charge in [0, 0.05) is 0 Å². The Labute approximate surface area is 124 Å². The molecule has 1 aliphatic rings. The van der Waals surface area contributed by atoms with Gasteiger partial charge in [-0.05, 0) is 34.4 Å². The van der Waals surface area contributed by atoms with Gasteiger partial charge in [0.15, 0.2) is 0 Å². The minimum absolute atomic E-state index is 0.244. The van der Waals surface area contributed by atoms with Gasteiger partial charge >= 0.3 is 0 Å². The van der Waals surface area contributed by atoms with Crippen LogP contribution in [0.15, 0.2) is 19.9 Å². The van der Waals surface area contributed by atoms with Crippen LogP contribution in [-0.2, 0) is 0 Å². The summed E-state index contributed by atoms with van der Waals surface area (Å²) in [6, 6.07) is 3.92. The summed E-state index contributed by atoms with van der Waals surface area (Å²) in [7, 11) is 5.40. The number of rotatable bonds is 3. The van der Waals surface area contributed by atoms with Gasteiger partial charge in [0.1, 0.15) is 33.4 Å². The van der Waals surface area contributed by atoms with Gasteiger partial charge < -0.3 is 0 Å². The highest BCUT2D eigenvalue weighted by molar-refractivity contribution is 14.1. The number of hydrogen-bond donors (Lipinski definition) is 0. The first kappa shape index (κ1) is 14.2. The van der Waals surface area contributed by atoms with Crippen molar-refractivity contribution in [1.82, 2.24) is 0 Å². The normalized spacial score (nSPS) is 20.2. The highest BCUT2D eigenvalue weighted by Gasteiger charge is 2.29. The van der Waals surface area contributed by atoms with E-state index in [4.69, 9.17) is 21.2 Å². The molecule has 0 saturated carbocycles. The van der Waals surface area contributed by atoms with Crippen LogP contribution in [0, 0.1) is 22.7 Å². The van der Waals surface area contributed by atoms with E-state index in [0.29, 0.717) is 10.1 Å². The molecule has 0 N–H and O–H groups in total. The monoisotopic (exact) mass is 400 g/mol. The summed E-state index contributed by atoms with van der Waals surface area (Å²) in [4.78, 5) is 0. The zero-order valence-electron chi connectivity index (χ0n) is 7.48. The molecular formula is C7H2ClIN4S3. The van der Waals surface area contributed by atoms with Crippen molar-refractivity contribution < 1.29 is 0 Å². The van der Waals surface area contributed by atoms with E-state index < -0.39 is 0 Å². The van der Waals surface area contributed by atoms with Gasteiger partial charge in [-0.1, -0.05) is 22.6 Å². The molecule has 0 saturated heterocycles. The molecule has 0 fully saturated rings. The average molecular weight is 401 g/mol. The lowest BCUT2D eigenvalue weighted by Crippen LogP contribution is -1.90. The van der Waals surface area contributed by atoms with Gasteiger partial charge in [-0.15, -0.1) is 0 Å². The Balaban J connectivity index is 3.15. The van der Waals surface area contributed by atoms with E-state index in [1.54, 1.807) is 0 Å². The van der Waals surface area contributed by atoms with Crippen molar-refractivity contribution in [2.75, 3.05) is 3.76 Å². The Kier molecular flexibility index (Phi) is 6.61. The number of alkyl halides is 1. The summed E-state index contributed by atoms with van der Waals surface area (Å²) in [6.07, 6.45) is 0. The summed E-state index contributed by atoms with van der Waals surface area (Å²) in [5.74, 6) is 0. The molecule has 9 heteroatoms. The Morgan fingerprint density at radius 1 is 1.25 bits per heavy atom. The standard InChI is InChI=1S/C7H2ClIN4S3/c8-16-13-7-5(2-11)4(1-10)6(15-7)12-14-3-9/h3H2. The number of nitrogens with zero attached hydrogens (tertiary/aromatic N) is 4. The van der Waals surface area contributed by atoms with Crippen molar-refractivity contribution in [1.29, 1.82) is 10.5 Å². The molecule has 0 bridgehead atoms. The summed E-state index contributed by atoms with van der Waals surface area (Å²) in [5.41, 5.74) is 0.516. The molecule has 16 heavy (non-hydrogen) atoms. The van der Waals surface area contributed by atoms with Crippen LogP contribution < -0.4 is 0 Å². The molecule has 0 aliphatic carbocycles. The smallest absolute Gasteiger partial charge is 0.131 e. The molecule has 1 rings (SSSR count). The lowest BCUT2D eigenvalue weighted by atomic mass is 10.2. The first-order valence-electron chi connectivity index (χ1n) is 3.63. The number of hydrogen-bond acceptors (Lipinski definition) is 7. The van der Waals surface area contributed by atoms with Crippen LogP contribution >= 0.6 is 68.1 Å². The Bertz CT molecular complexity index is 459. The zero-order chi connectivity index (χ0) is 12.0. The SMILES string of the molecule is N#CC1=C(C#N)C(=NSCI)SC1=NSCl.